The van der Waals surface area contributed by atoms with Crippen molar-refractivity contribution < 1.29 is 27.5 Å². The zero-order valence-electron chi connectivity index (χ0n) is 15.6. The van der Waals surface area contributed by atoms with E-state index in [1.165, 1.54) is 31.3 Å². The van der Waals surface area contributed by atoms with E-state index in [-0.39, 0.29) is 18.1 Å². The number of ketones is 1. The van der Waals surface area contributed by atoms with Gasteiger partial charge in [0.15, 0.2) is 6.61 Å². The Morgan fingerprint density at radius 3 is 2.61 bits per heavy atom. The Hall–Kier alpha value is -2.97. The molecule has 0 spiro atoms. The fourth-order valence-corrected chi connectivity index (χ4v) is 2.48. The Bertz CT molecular complexity index is 869. The van der Waals surface area contributed by atoms with Crippen LogP contribution >= 0.6 is 0 Å². The molecule has 150 valence electrons. The quantitative estimate of drug-likeness (QED) is 0.778. The first kappa shape index (κ1) is 21.3. The van der Waals surface area contributed by atoms with Crippen LogP contribution in [0, 0.1) is 6.92 Å². The summed E-state index contributed by atoms with van der Waals surface area (Å²) in [6.45, 7) is 3.30. The summed E-state index contributed by atoms with van der Waals surface area (Å²) in [5.41, 5.74) is 1.83. The highest BCUT2D eigenvalue weighted by atomic mass is 19.4. The van der Waals surface area contributed by atoms with E-state index >= 15 is 0 Å². The minimum absolute atomic E-state index is 0.0722. The van der Waals surface area contributed by atoms with Crippen LogP contribution in [0.15, 0.2) is 30.5 Å². The van der Waals surface area contributed by atoms with E-state index in [9.17, 15) is 22.8 Å². The summed E-state index contributed by atoms with van der Waals surface area (Å²) >= 11 is 0. The fourth-order valence-electron chi connectivity index (χ4n) is 2.48. The lowest BCUT2D eigenvalue weighted by Crippen LogP contribution is -2.27. The third-order valence-corrected chi connectivity index (χ3v) is 3.69. The van der Waals surface area contributed by atoms with Gasteiger partial charge in [0.2, 0.25) is 5.88 Å². The summed E-state index contributed by atoms with van der Waals surface area (Å²) in [7, 11) is 0. The summed E-state index contributed by atoms with van der Waals surface area (Å²) < 4.78 is 41.7. The summed E-state index contributed by atoms with van der Waals surface area (Å²) in [4.78, 5) is 31.6. The number of nitrogens with one attached hydrogen (secondary N) is 1. The normalized spacial score (nSPS) is 12.4. The summed E-state index contributed by atoms with van der Waals surface area (Å²) in [5, 5.41) is 2.76. The highest BCUT2D eigenvalue weighted by molar-refractivity contribution is 5.94. The third-order valence-electron chi connectivity index (χ3n) is 3.69. The first-order valence-corrected chi connectivity index (χ1v) is 8.47. The number of hydrogen-bond donors (Lipinski definition) is 1. The van der Waals surface area contributed by atoms with E-state index in [1.54, 1.807) is 19.9 Å². The number of halogens is 3. The van der Waals surface area contributed by atoms with Gasteiger partial charge >= 0.3 is 6.18 Å². The van der Waals surface area contributed by atoms with Gasteiger partial charge in [-0.15, -0.1) is 0 Å². The zero-order valence-corrected chi connectivity index (χ0v) is 15.6. The lowest BCUT2D eigenvalue weighted by Gasteiger charge is -2.17. The Balaban J connectivity index is 2.11. The smallest absolute Gasteiger partial charge is 0.422 e. The molecular formula is C19H20F3N3O3. The minimum Gasteiger partial charge on any atom is -0.468 e. The standard InChI is InChI=1S/C19H20F3N3O3/c1-11-6-15(9-17(24-11)28-10-19(20,21)22)13(3)25-18(27)14-4-5-23-16(8-14)7-12(2)26/h4-6,8-9,13H,7,10H2,1-3H3,(H,25,27). The van der Waals surface area contributed by atoms with Gasteiger partial charge in [-0.2, -0.15) is 13.2 Å². The highest BCUT2D eigenvalue weighted by Crippen LogP contribution is 2.22. The second-order valence-electron chi connectivity index (χ2n) is 6.39. The molecule has 1 unspecified atom stereocenters. The molecule has 28 heavy (non-hydrogen) atoms. The van der Waals surface area contributed by atoms with Gasteiger partial charge in [-0.1, -0.05) is 0 Å². The molecule has 0 aliphatic rings. The molecule has 0 fully saturated rings. The van der Waals surface area contributed by atoms with Crippen LogP contribution in [-0.2, 0) is 11.2 Å². The number of carbonyl (C=O) groups is 2. The number of nitrogens with zero attached hydrogens (tertiary/aromatic N) is 2. The zero-order chi connectivity index (χ0) is 20.9. The number of ether oxygens (including phenoxy) is 1. The molecule has 0 aliphatic heterocycles. The molecule has 2 aromatic heterocycles. The van der Waals surface area contributed by atoms with Gasteiger partial charge in [-0.05, 0) is 44.5 Å². The van der Waals surface area contributed by atoms with Crippen molar-refractivity contribution in [2.75, 3.05) is 6.61 Å². The molecule has 2 rings (SSSR count). The number of alkyl halides is 3. The number of amides is 1. The highest BCUT2D eigenvalue weighted by Gasteiger charge is 2.28. The second kappa shape index (κ2) is 8.81. The van der Waals surface area contributed by atoms with Gasteiger partial charge in [0.05, 0.1) is 6.04 Å². The van der Waals surface area contributed by atoms with Crippen molar-refractivity contribution >= 4 is 11.7 Å². The molecule has 0 bridgehead atoms. The Morgan fingerprint density at radius 2 is 1.96 bits per heavy atom. The Kier molecular flexibility index (Phi) is 6.71. The number of hydrogen-bond acceptors (Lipinski definition) is 5. The maximum atomic E-state index is 12.5. The molecule has 0 saturated heterocycles. The SMILES string of the molecule is CC(=O)Cc1cc(C(=O)NC(C)c2cc(C)nc(OCC(F)(F)F)c2)ccn1. The number of pyridine rings is 2. The van der Waals surface area contributed by atoms with E-state index in [1.807, 2.05) is 0 Å². The van der Waals surface area contributed by atoms with Crippen molar-refractivity contribution in [2.24, 2.45) is 0 Å². The minimum atomic E-state index is -4.47. The van der Waals surface area contributed by atoms with Crippen molar-refractivity contribution in [3.8, 4) is 5.88 Å². The van der Waals surface area contributed by atoms with Crippen LogP contribution in [0.2, 0.25) is 0 Å². The van der Waals surface area contributed by atoms with Crippen LogP contribution in [0.3, 0.4) is 0 Å². The van der Waals surface area contributed by atoms with Gasteiger partial charge in [0.25, 0.3) is 5.91 Å². The first-order chi connectivity index (χ1) is 13.0. The molecule has 0 aliphatic carbocycles. The molecule has 0 saturated carbocycles. The number of aromatic nitrogens is 2. The van der Waals surface area contributed by atoms with Crippen LogP contribution in [0.4, 0.5) is 13.2 Å². The lowest BCUT2D eigenvalue weighted by atomic mass is 10.1. The predicted molar refractivity (Wildman–Crippen MR) is 95.0 cm³/mol. The molecule has 1 amide bonds. The van der Waals surface area contributed by atoms with Crippen molar-refractivity contribution in [2.45, 2.75) is 39.4 Å². The largest absolute Gasteiger partial charge is 0.468 e. The molecule has 1 atom stereocenters. The molecule has 9 heteroatoms. The van der Waals surface area contributed by atoms with Gasteiger partial charge < -0.3 is 10.1 Å². The maximum absolute atomic E-state index is 12.5. The topological polar surface area (TPSA) is 81.2 Å². The van der Waals surface area contributed by atoms with Crippen molar-refractivity contribution in [3.05, 3.63) is 53.0 Å². The molecule has 6 nitrogen and oxygen atoms in total. The number of aryl methyl sites for hydroxylation is 1. The first-order valence-electron chi connectivity index (χ1n) is 8.47. The second-order valence-corrected chi connectivity index (χ2v) is 6.39. The van der Waals surface area contributed by atoms with E-state index in [2.05, 4.69) is 15.3 Å². The molecule has 0 radical (unpaired) electrons. The van der Waals surface area contributed by atoms with E-state index in [0.29, 0.717) is 22.5 Å². The summed E-state index contributed by atoms with van der Waals surface area (Å²) in [5.74, 6) is -0.634. The van der Waals surface area contributed by atoms with E-state index in [4.69, 9.17) is 4.74 Å². The average Bonchev–Trinajstić information content (AvgIpc) is 2.58. The van der Waals surface area contributed by atoms with Gasteiger partial charge in [0.1, 0.15) is 5.78 Å². The maximum Gasteiger partial charge on any atom is 0.422 e. The lowest BCUT2D eigenvalue weighted by molar-refractivity contribution is -0.154. The number of Topliss-reactive ketones (excluding diaryl/α,β-unsaturated/α-hetero) is 1. The van der Waals surface area contributed by atoms with Crippen LogP contribution in [0.5, 0.6) is 5.88 Å². The van der Waals surface area contributed by atoms with E-state index < -0.39 is 24.7 Å². The van der Waals surface area contributed by atoms with Crippen LogP contribution in [0.25, 0.3) is 0 Å². The molecule has 2 aromatic rings. The fraction of sp³-hybridized carbons (Fsp3) is 0.368. The molecule has 1 N–H and O–H groups in total. The van der Waals surface area contributed by atoms with Crippen molar-refractivity contribution in [1.82, 2.24) is 15.3 Å². The van der Waals surface area contributed by atoms with Crippen LogP contribution in [0.1, 0.15) is 47.2 Å². The van der Waals surface area contributed by atoms with Gasteiger partial charge in [0, 0.05) is 35.6 Å². The third kappa shape index (κ3) is 6.64. The molecular weight excluding hydrogens is 375 g/mol. The van der Waals surface area contributed by atoms with Crippen molar-refractivity contribution in [3.63, 3.8) is 0 Å². The van der Waals surface area contributed by atoms with E-state index in [0.717, 1.165) is 0 Å². The van der Waals surface area contributed by atoms with Gasteiger partial charge in [-0.3, -0.25) is 14.6 Å². The van der Waals surface area contributed by atoms with Crippen LogP contribution < -0.4 is 10.1 Å². The number of carbonyl (C=O) groups excluding carboxylic acids is 2. The monoisotopic (exact) mass is 395 g/mol. The number of rotatable bonds is 7. The van der Waals surface area contributed by atoms with Gasteiger partial charge in [-0.25, -0.2) is 4.98 Å². The average molecular weight is 395 g/mol. The Morgan fingerprint density at radius 1 is 1.25 bits per heavy atom. The summed E-state index contributed by atoms with van der Waals surface area (Å²) in [6, 6.07) is 5.55. The molecule has 0 aromatic carbocycles. The van der Waals surface area contributed by atoms with Crippen molar-refractivity contribution in [1.29, 1.82) is 0 Å². The molecule has 2 heterocycles. The predicted octanol–water partition coefficient (Wildman–Crippen LogP) is 3.35. The van der Waals surface area contributed by atoms with Crippen LogP contribution in [-0.4, -0.2) is 34.4 Å². The summed E-state index contributed by atoms with van der Waals surface area (Å²) in [6.07, 6.45) is -2.90. The Labute approximate surface area is 160 Å².